The van der Waals surface area contributed by atoms with Crippen molar-refractivity contribution in [3.05, 3.63) is 99.1 Å². The van der Waals surface area contributed by atoms with Crippen LogP contribution in [0, 0.1) is 17.0 Å². The molecule has 3 aromatic rings. The lowest BCUT2D eigenvalue weighted by Crippen LogP contribution is -2.35. The number of nitro groups is 1. The molecule has 0 spiro atoms. The molecule has 35 heavy (non-hydrogen) atoms. The second-order valence-corrected chi connectivity index (χ2v) is 7.81. The van der Waals surface area contributed by atoms with Gasteiger partial charge in [0.05, 0.1) is 17.2 Å². The number of carbonyl (C=O) groups excluding carboxylic acids is 2. The molecule has 9 nitrogen and oxygen atoms in total. The smallest absolute Gasteiger partial charge is 0.315 e. The van der Waals surface area contributed by atoms with E-state index in [1.807, 2.05) is 31.2 Å². The predicted molar refractivity (Wildman–Crippen MR) is 130 cm³/mol. The third kappa shape index (κ3) is 5.14. The van der Waals surface area contributed by atoms with Crippen molar-refractivity contribution in [3.63, 3.8) is 0 Å². The standard InChI is InChI=1S/C26H23N3O6/c1-3-34-23-15-19(13-21-25(30)27-28(26(21)31)20-10-5-4-6-11-20)14-22(29(32)33)24(23)35-16-18-9-7-8-17(2)12-18/h4-15H,3,16H2,1-2H3,(H,27,30)/b21-13-. The maximum Gasteiger partial charge on any atom is 0.315 e. The van der Waals surface area contributed by atoms with Gasteiger partial charge in [0.25, 0.3) is 11.8 Å². The summed E-state index contributed by atoms with van der Waals surface area (Å²) >= 11 is 0. The number of hydrazine groups is 1. The zero-order valence-electron chi connectivity index (χ0n) is 19.2. The van der Waals surface area contributed by atoms with E-state index in [1.54, 1.807) is 37.3 Å². The average molecular weight is 473 g/mol. The minimum absolute atomic E-state index is 0.0198. The summed E-state index contributed by atoms with van der Waals surface area (Å²) in [5.74, 6) is -1.05. The van der Waals surface area contributed by atoms with Crippen LogP contribution in [0.2, 0.25) is 0 Å². The number of nitrogens with zero attached hydrogens (tertiary/aromatic N) is 2. The summed E-state index contributed by atoms with van der Waals surface area (Å²) in [4.78, 5) is 36.7. The van der Waals surface area contributed by atoms with Gasteiger partial charge in [0, 0.05) is 6.07 Å². The number of para-hydroxylation sites is 1. The molecule has 0 atom stereocenters. The normalized spacial score (nSPS) is 14.2. The molecule has 1 saturated heterocycles. The van der Waals surface area contributed by atoms with Gasteiger partial charge in [-0.25, -0.2) is 5.01 Å². The van der Waals surface area contributed by atoms with E-state index in [2.05, 4.69) is 5.43 Å². The number of nitrogens with one attached hydrogen (secondary N) is 1. The van der Waals surface area contributed by atoms with Gasteiger partial charge < -0.3 is 9.47 Å². The average Bonchev–Trinajstić information content (AvgIpc) is 3.12. The summed E-state index contributed by atoms with van der Waals surface area (Å²) in [6, 6.07) is 19.0. The van der Waals surface area contributed by atoms with Crippen molar-refractivity contribution in [1.82, 2.24) is 5.43 Å². The number of aryl methyl sites for hydroxylation is 1. The quantitative estimate of drug-likeness (QED) is 0.225. The highest BCUT2D eigenvalue weighted by Crippen LogP contribution is 2.40. The van der Waals surface area contributed by atoms with Gasteiger partial charge in [-0.1, -0.05) is 48.0 Å². The van der Waals surface area contributed by atoms with E-state index in [0.29, 0.717) is 5.69 Å². The lowest BCUT2D eigenvalue weighted by Gasteiger charge is -2.14. The van der Waals surface area contributed by atoms with Gasteiger partial charge in [-0.15, -0.1) is 0 Å². The molecule has 0 aliphatic carbocycles. The lowest BCUT2D eigenvalue weighted by atomic mass is 10.1. The van der Waals surface area contributed by atoms with Gasteiger partial charge >= 0.3 is 5.69 Å². The maximum atomic E-state index is 12.9. The Morgan fingerprint density at radius 1 is 1.03 bits per heavy atom. The van der Waals surface area contributed by atoms with E-state index >= 15 is 0 Å². The Bertz CT molecular complexity index is 1320. The van der Waals surface area contributed by atoms with E-state index in [9.17, 15) is 19.7 Å². The number of ether oxygens (including phenoxy) is 2. The van der Waals surface area contributed by atoms with Gasteiger partial charge in [0.15, 0.2) is 5.75 Å². The SMILES string of the molecule is CCOc1cc(/C=C2/C(=O)NN(c3ccccc3)C2=O)cc([N+](=O)[O-])c1OCc1cccc(C)c1. The van der Waals surface area contributed by atoms with Crippen molar-refractivity contribution in [2.24, 2.45) is 0 Å². The molecule has 9 heteroatoms. The molecule has 1 aliphatic heterocycles. The van der Waals surface area contributed by atoms with Crippen LogP contribution >= 0.6 is 0 Å². The van der Waals surface area contributed by atoms with E-state index in [1.165, 1.54) is 18.2 Å². The maximum absolute atomic E-state index is 12.9. The number of hydrogen-bond acceptors (Lipinski definition) is 6. The number of amides is 2. The van der Waals surface area contributed by atoms with Crippen LogP contribution in [0.5, 0.6) is 11.5 Å². The van der Waals surface area contributed by atoms with Crippen LogP contribution in [0.15, 0.2) is 72.3 Å². The minimum Gasteiger partial charge on any atom is -0.490 e. The molecule has 1 fully saturated rings. The Morgan fingerprint density at radius 2 is 1.80 bits per heavy atom. The van der Waals surface area contributed by atoms with Gasteiger partial charge in [-0.3, -0.25) is 25.1 Å². The molecule has 0 unspecified atom stereocenters. The summed E-state index contributed by atoms with van der Waals surface area (Å²) in [7, 11) is 0. The van der Waals surface area contributed by atoms with E-state index in [-0.39, 0.29) is 41.5 Å². The van der Waals surface area contributed by atoms with Crippen molar-refractivity contribution >= 4 is 29.3 Å². The third-order valence-corrected chi connectivity index (χ3v) is 5.24. The summed E-state index contributed by atoms with van der Waals surface area (Å²) in [5, 5.41) is 13.0. The summed E-state index contributed by atoms with van der Waals surface area (Å²) in [5.41, 5.74) is 4.67. The van der Waals surface area contributed by atoms with E-state index < -0.39 is 16.7 Å². The first-order valence-electron chi connectivity index (χ1n) is 10.9. The van der Waals surface area contributed by atoms with Crippen LogP contribution in [0.1, 0.15) is 23.6 Å². The highest BCUT2D eigenvalue weighted by molar-refractivity contribution is 6.31. The molecule has 2 amide bonds. The van der Waals surface area contributed by atoms with Crippen LogP contribution in [0.25, 0.3) is 6.08 Å². The number of anilines is 1. The predicted octanol–water partition coefficient (Wildman–Crippen LogP) is 4.34. The number of benzene rings is 3. The molecule has 0 radical (unpaired) electrons. The molecular formula is C26H23N3O6. The minimum atomic E-state index is -0.612. The molecule has 1 heterocycles. The summed E-state index contributed by atoms with van der Waals surface area (Å²) in [6.07, 6.45) is 1.31. The van der Waals surface area contributed by atoms with Crippen LogP contribution in [0.3, 0.4) is 0 Å². The lowest BCUT2D eigenvalue weighted by molar-refractivity contribution is -0.386. The Hall–Kier alpha value is -4.66. The highest BCUT2D eigenvalue weighted by atomic mass is 16.6. The van der Waals surface area contributed by atoms with Crippen molar-refractivity contribution in [2.45, 2.75) is 20.5 Å². The Kier molecular flexibility index (Phi) is 6.77. The zero-order valence-corrected chi connectivity index (χ0v) is 19.2. The van der Waals surface area contributed by atoms with Crippen LogP contribution in [-0.4, -0.2) is 23.3 Å². The molecule has 1 aliphatic rings. The molecule has 3 aromatic carbocycles. The molecule has 0 saturated carbocycles. The van der Waals surface area contributed by atoms with Crippen molar-refractivity contribution in [1.29, 1.82) is 0 Å². The van der Waals surface area contributed by atoms with Gasteiger partial charge in [0.2, 0.25) is 5.75 Å². The first kappa shape index (κ1) is 23.5. The highest BCUT2D eigenvalue weighted by Gasteiger charge is 2.34. The first-order valence-corrected chi connectivity index (χ1v) is 10.9. The zero-order chi connectivity index (χ0) is 24.9. The number of nitro benzene ring substituents is 1. The number of rotatable bonds is 8. The second-order valence-electron chi connectivity index (χ2n) is 7.81. The van der Waals surface area contributed by atoms with Crippen LogP contribution < -0.4 is 19.9 Å². The van der Waals surface area contributed by atoms with Gasteiger partial charge in [-0.05, 0) is 49.2 Å². The largest absolute Gasteiger partial charge is 0.490 e. The summed E-state index contributed by atoms with van der Waals surface area (Å²) < 4.78 is 11.5. The number of carbonyl (C=O) groups is 2. The topological polar surface area (TPSA) is 111 Å². The first-order chi connectivity index (χ1) is 16.9. The molecule has 0 aromatic heterocycles. The van der Waals surface area contributed by atoms with E-state index in [4.69, 9.17) is 9.47 Å². The number of hydrogen-bond donors (Lipinski definition) is 1. The van der Waals surface area contributed by atoms with Crippen molar-refractivity contribution < 1.29 is 24.0 Å². The molecule has 0 bridgehead atoms. The van der Waals surface area contributed by atoms with Crippen LogP contribution in [-0.2, 0) is 16.2 Å². The summed E-state index contributed by atoms with van der Waals surface area (Å²) in [6.45, 7) is 4.03. The fourth-order valence-corrected chi connectivity index (χ4v) is 3.68. The Balaban J connectivity index is 1.69. The van der Waals surface area contributed by atoms with Crippen molar-refractivity contribution in [3.8, 4) is 11.5 Å². The molecule has 178 valence electrons. The molecular weight excluding hydrogens is 450 g/mol. The fraction of sp³-hybridized carbons (Fsp3) is 0.154. The van der Waals surface area contributed by atoms with Gasteiger partial charge in [-0.2, -0.15) is 0 Å². The fourth-order valence-electron chi connectivity index (χ4n) is 3.68. The van der Waals surface area contributed by atoms with Crippen molar-refractivity contribution in [2.75, 3.05) is 11.6 Å². The Morgan fingerprint density at radius 3 is 2.49 bits per heavy atom. The molecule has 1 N–H and O–H groups in total. The Labute approximate surface area is 201 Å². The van der Waals surface area contributed by atoms with Gasteiger partial charge in [0.1, 0.15) is 12.2 Å². The third-order valence-electron chi connectivity index (χ3n) is 5.24. The monoisotopic (exact) mass is 473 g/mol. The molecule has 4 rings (SSSR count). The van der Waals surface area contributed by atoms with Crippen LogP contribution in [0.4, 0.5) is 11.4 Å². The van der Waals surface area contributed by atoms with E-state index in [0.717, 1.165) is 16.1 Å². The second kappa shape index (κ2) is 10.1.